The Hall–Kier alpha value is -4.04. The molecule has 36 heavy (non-hydrogen) atoms. The highest BCUT2D eigenvalue weighted by atomic mass is 19.1. The molecule has 3 aromatic rings. The van der Waals surface area contributed by atoms with Crippen LogP contribution in [-0.2, 0) is 11.2 Å². The average Bonchev–Trinajstić information content (AvgIpc) is 3.17. The van der Waals surface area contributed by atoms with Crippen LogP contribution < -0.4 is 4.90 Å². The van der Waals surface area contributed by atoms with Gasteiger partial charge in [0.25, 0.3) is 17.7 Å². The highest BCUT2D eigenvalue weighted by Crippen LogP contribution is 2.32. The summed E-state index contributed by atoms with van der Waals surface area (Å²) in [5, 5.41) is 10.5. The molecule has 0 radical (unpaired) electrons. The van der Waals surface area contributed by atoms with Crippen molar-refractivity contribution in [2.24, 2.45) is 0 Å². The largest absolute Gasteiger partial charge is 0.378 e. The lowest BCUT2D eigenvalue weighted by molar-refractivity contribution is -0.140. The number of aliphatic hydroxyl groups is 1. The third-order valence-electron chi connectivity index (χ3n) is 6.80. The maximum atomic E-state index is 13.3. The van der Waals surface area contributed by atoms with Crippen molar-refractivity contribution in [2.75, 3.05) is 37.6 Å². The standard InChI is InChI=1S/C28H26FN3O4/c29-21-11-9-19(10-12-21)13-14-32-26(34)22-7-4-8-23(24(22)27(32)35)30-15-17-31(18-16-30)28(36)25(33)20-5-2-1-3-6-20/h1-12,25,33H,13-18H2/t25-/m0/s1. The minimum absolute atomic E-state index is 0.205. The average molecular weight is 488 g/mol. The Bertz CT molecular complexity index is 1290. The van der Waals surface area contributed by atoms with E-state index in [9.17, 15) is 23.9 Å². The first-order valence-corrected chi connectivity index (χ1v) is 11.9. The van der Waals surface area contributed by atoms with Gasteiger partial charge in [0.1, 0.15) is 5.82 Å². The molecule has 2 heterocycles. The van der Waals surface area contributed by atoms with Gasteiger partial charge in [0, 0.05) is 32.7 Å². The number of amides is 3. The van der Waals surface area contributed by atoms with Crippen molar-refractivity contribution in [3.05, 3.63) is 101 Å². The van der Waals surface area contributed by atoms with Crippen molar-refractivity contribution >= 4 is 23.4 Å². The Morgan fingerprint density at radius 1 is 0.861 bits per heavy atom. The number of anilines is 1. The predicted octanol–water partition coefficient (Wildman–Crippen LogP) is 3.05. The van der Waals surface area contributed by atoms with E-state index in [4.69, 9.17) is 0 Å². The van der Waals surface area contributed by atoms with Gasteiger partial charge in [-0.15, -0.1) is 0 Å². The second-order valence-electron chi connectivity index (χ2n) is 8.96. The van der Waals surface area contributed by atoms with Crippen molar-refractivity contribution in [3.63, 3.8) is 0 Å². The zero-order chi connectivity index (χ0) is 25.2. The van der Waals surface area contributed by atoms with Gasteiger partial charge >= 0.3 is 0 Å². The predicted molar refractivity (Wildman–Crippen MR) is 132 cm³/mol. The Labute approximate surface area is 208 Å². The number of imide groups is 1. The summed E-state index contributed by atoms with van der Waals surface area (Å²) in [6.07, 6.45) is -0.779. The lowest BCUT2D eigenvalue weighted by Gasteiger charge is -2.37. The molecular weight excluding hydrogens is 461 g/mol. The number of hydrogen-bond donors (Lipinski definition) is 1. The molecule has 7 nitrogen and oxygen atoms in total. The van der Waals surface area contributed by atoms with E-state index in [1.807, 2.05) is 17.0 Å². The fraction of sp³-hybridized carbons (Fsp3) is 0.250. The zero-order valence-electron chi connectivity index (χ0n) is 19.6. The van der Waals surface area contributed by atoms with E-state index >= 15 is 0 Å². The van der Waals surface area contributed by atoms with E-state index < -0.39 is 6.10 Å². The molecule has 5 rings (SSSR count). The summed E-state index contributed by atoms with van der Waals surface area (Å²) in [6.45, 7) is 1.93. The zero-order valence-corrected chi connectivity index (χ0v) is 19.6. The quantitative estimate of drug-likeness (QED) is 0.541. The van der Waals surface area contributed by atoms with Crippen LogP contribution in [0.4, 0.5) is 10.1 Å². The topological polar surface area (TPSA) is 81.2 Å². The van der Waals surface area contributed by atoms with E-state index in [0.717, 1.165) is 5.56 Å². The first kappa shape index (κ1) is 23.7. The van der Waals surface area contributed by atoms with Gasteiger partial charge in [-0.05, 0) is 41.8 Å². The third kappa shape index (κ3) is 4.47. The van der Waals surface area contributed by atoms with Gasteiger partial charge in [-0.1, -0.05) is 48.5 Å². The molecule has 2 aliphatic rings. The first-order chi connectivity index (χ1) is 17.4. The minimum atomic E-state index is -1.22. The van der Waals surface area contributed by atoms with Gasteiger partial charge in [0.15, 0.2) is 6.10 Å². The van der Waals surface area contributed by atoms with Gasteiger partial charge in [-0.3, -0.25) is 19.3 Å². The van der Waals surface area contributed by atoms with E-state index in [1.54, 1.807) is 53.4 Å². The summed E-state index contributed by atoms with van der Waals surface area (Å²) in [5.74, 6) is -1.36. The summed E-state index contributed by atoms with van der Waals surface area (Å²) in [4.78, 5) is 44.0. The van der Waals surface area contributed by atoms with Gasteiger partial charge in [-0.2, -0.15) is 0 Å². The smallest absolute Gasteiger partial charge is 0.263 e. The summed E-state index contributed by atoms with van der Waals surface area (Å²) in [7, 11) is 0. The lowest BCUT2D eigenvalue weighted by Crippen LogP contribution is -2.50. The minimum Gasteiger partial charge on any atom is -0.378 e. The molecule has 0 aromatic heterocycles. The Balaban J connectivity index is 1.27. The summed E-state index contributed by atoms with van der Waals surface area (Å²) >= 11 is 0. The molecule has 184 valence electrons. The molecule has 0 bridgehead atoms. The van der Waals surface area contributed by atoms with Crippen LogP contribution in [0.25, 0.3) is 0 Å². The molecule has 1 N–H and O–H groups in total. The van der Waals surface area contributed by atoms with Crippen LogP contribution in [0, 0.1) is 5.82 Å². The summed E-state index contributed by atoms with van der Waals surface area (Å²) < 4.78 is 13.2. The van der Waals surface area contributed by atoms with Crippen LogP contribution in [-0.4, -0.2) is 65.4 Å². The van der Waals surface area contributed by atoms with Gasteiger partial charge in [0.2, 0.25) is 0 Å². The van der Waals surface area contributed by atoms with Crippen LogP contribution >= 0.6 is 0 Å². The van der Waals surface area contributed by atoms with Crippen LogP contribution in [0.5, 0.6) is 0 Å². The van der Waals surface area contributed by atoms with Crippen molar-refractivity contribution in [3.8, 4) is 0 Å². The van der Waals surface area contributed by atoms with Crippen molar-refractivity contribution in [2.45, 2.75) is 12.5 Å². The van der Waals surface area contributed by atoms with Crippen molar-refractivity contribution < 1.29 is 23.9 Å². The second-order valence-corrected chi connectivity index (χ2v) is 8.96. The number of aliphatic hydroxyl groups excluding tert-OH is 1. The lowest BCUT2D eigenvalue weighted by atomic mass is 10.1. The molecule has 0 unspecified atom stereocenters. The normalized spacial score (nSPS) is 16.3. The van der Waals surface area contributed by atoms with Gasteiger partial charge in [-0.25, -0.2) is 4.39 Å². The maximum absolute atomic E-state index is 13.3. The highest BCUT2D eigenvalue weighted by molar-refractivity contribution is 6.23. The Morgan fingerprint density at radius 2 is 1.56 bits per heavy atom. The number of rotatable bonds is 6. The number of halogens is 1. The van der Waals surface area contributed by atoms with E-state index in [0.29, 0.717) is 55.0 Å². The van der Waals surface area contributed by atoms with Crippen LogP contribution in [0.3, 0.4) is 0 Å². The number of benzene rings is 3. The molecule has 0 saturated carbocycles. The summed E-state index contributed by atoms with van der Waals surface area (Å²) in [5.41, 5.74) is 2.81. The number of nitrogens with zero attached hydrogens (tertiary/aromatic N) is 3. The monoisotopic (exact) mass is 487 g/mol. The van der Waals surface area contributed by atoms with E-state index in [2.05, 4.69) is 0 Å². The van der Waals surface area contributed by atoms with E-state index in [-0.39, 0.29) is 30.1 Å². The molecule has 0 spiro atoms. The van der Waals surface area contributed by atoms with Crippen molar-refractivity contribution in [1.82, 2.24) is 9.80 Å². The number of fused-ring (bicyclic) bond motifs is 1. The molecule has 2 aliphatic heterocycles. The van der Waals surface area contributed by atoms with Crippen LogP contribution in [0.2, 0.25) is 0 Å². The van der Waals surface area contributed by atoms with Crippen LogP contribution in [0.1, 0.15) is 37.9 Å². The molecule has 3 aromatic carbocycles. The van der Waals surface area contributed by atoms with Gasteiger partial charge in [0.05, 0.1) is 16.8 Å². The molecule has 1 saturated heterocycles. The van der Waals surface area contributed by atoms with E-state index in [1.165, 1.54) is 17.0 Å². The molecule has 1 atom stereocenters. The van der Waals surface area contributed by atoms with Crippen molar-refractivity contribution in [1.29, 1.82) is 0 Å². The number of hydrogen-bond acceptors (Lipinski definition) is 5. The fourth-order valence-electron chi connectivity index (χ4n) is 4.79. The number of piperazine rings is 1. The SMILES string of the molecule is O=C([C@@H](O)c1ccccc1)N1CCN(c2cccc3c2C(=O)N(CCc2ccc(F)cc2)C3=O)CC1. The second kappa shape index (κ2) is 9.91. The third-order valence-corrected chi connectivity index (χ3v) is 6.80. The number of carbonyl (C=O) groups is 3. The highest BCUT2D eigenvalue weighted by Gasteiger charge is 2.39. The number of carbonyl (C=O) groups excluding carboxylic acids is 3. The molecule has 3 amide bonds. The molecule has 0 aliphatic carbocycles. The Kier molecular flexibility index (Phi) is 6.52. The summed E-state index contributed by atoms with van der Waals surface area (Å²) in [6, 6.07) is 20.1. The molecule has 1 fully saturated rings. The van der Waals surface area contributed by atoms with Crippen LogP contribution in [0.15, 0.2) is 72.8 Å². The molecule has 8 heteroatoms. The van der Waals surface area contributed by atoms with Gasteiger partial charge < -0.3 is 14.9 Å². The first-order valence-electron chi connectivity index (χ1n) is 11.9. The fourth-order valence-corrected chi connectivity index (χ4v) is 4.79. The maximum Gasteiger partial charge on any atom is 0.263 e. The Morgan fingerprint density at radius 3 is 2.25 bits per heavy atom. The molecular formula is C28H26FN3O4.